The summed E-state index contributed by atoms with van der Waals surface area (Å²) in [5, 5.41) is 0. The van der Waals surface area contributed by atoms with Crippen LogP contribution in [0.4, 0.5) is 5.69 Å². The average molecular weight is 551 g/mol. The fourth-order valence-corrected chi connectivity index (χ4v) is 3.94. The number of aliphatic imine (C=N–C) groups is 1. The predicted molar refractivity (Wildman–Crippen MR) is 131 cm³/mol. The molecule has 0 amide bonds. The second-order valence-corrected chi connectivity index (χ2v) is 10.2. The van der Waals surface area contributed by atoms with E-state index in [1.165, 1.54) is 5.56 Å². The van der Waals surface area contributed by atoms with Crippen LogP contribution in [-0.4, -0.2) is 19.8 Å². The van der Waals surface area contributed by atoms with Gasteiger partial charge in [0.25, 0.3) is 0 Å². The van der Waals surface area contributed by atoms with Crippen molar-refractivity contribution in [3.63, 3.8) is 0 Å². The summed E-state index contributed by atoms with van der Waals surface area (Å²) in [6, 6.07) is 15.8. The SMILES string of the molecule is CC(=Nc1c(C)cc(C)cc1C)c1ccc(/C(C)=N/S(=O)(=O)Oc2ccccc2)o1.[Cl][Fe][Cl]. The number of nitrogens with zero attached hydrogens (tertiary/aromatic N) is 2. The first-order valence-corrected chi connectivity index (χ1v) is 14.1. The van der Waals surface area contributed by atoms with Crippen LogP contribution in [0.5, 0.6) is 5.75 Å². The molecule has 1 heterocycles. The zero-order valence-electron chi connectivity index (χ0n) is 18.7. The topological polar surface area (TPSA) is 81.2 Å². The van der Waals surface area contributed by atoms with E-state index in [9.17, 15) is 8.42 Å². The van der Waals surface area contributed by atoms with Crippen molar-refractivity contribution in [2.24, 2.45) is 9.39 Å². The molecule has 3 aromatic rings. The van der Waals surface area contributed by atoms with Crippen LogP contribution in [0.1, 0.15) is 42.1 Å². The van der Waals surface area contributed by atoms with Gasteiger partial charge in [0.1, 0.15) is 17.3 Å². The van der Waals surface area contributed by atoms with Gasteiger partial charge in [0.05, 0.1) is 17.1 Å². The number of hydrogen-bond donors (Lipinski definition) is 0. The number of rotatable bonds is 6. The third-order valence-electron chi connectivity index (χ3n) is 4.43. The molecule has 178 valence electrons. The van der Waals surface area contributed by atoms with E-state index >= 15 is 0 Å². The third kappa shape index (κ3) is 8.32. The first-order valence-electron chi connectivity index (χ1n) is 9.71. The molecule has 0 fully saturated rings. The predicted octanol–water partition coefficient (Wildman–Crippen LogP) is 6.85. The van der Waals surface area contributed by atoms with E-state index in [1.807, 2.05) is 20.8 Å². The van der Waals surface area contributed by atoms with E-state index in [4.69, 9.17) is 33.8 Å². The van der Waals surface area contributed by atoms with Crippen molar-refractivity contribution in [3.8, 4) is 5.75 Å². The van der Waals surface area contributed by atoms with E-state index in [-0.39, 0.29) is 24.6 Å². The maximum atomic E-state index is 12.2. The third-order valence-corrected chi connectivity index (χ3v) is 5.33. The van der Waals surface area contributed by atoms with Crippen molar-refractivity contribution in [1.82, 2.24) is 0 Å². The number of aryl methyl sites for hydroxylation is 3. The summed E-state index contributed by atoms with van der Waals surface area (Å²) in [7, 11) is 5.37. The zero-order valence-corrected chi connectivity index (χ0v) is 22.2. The number of furan rings is 1. The second kappa shape index (κ2) is 12.4. The Hall–Kier alpha value is -2.09. The molecule has 0 saturated carbocycles. The molecule has 0 radical (unpaired) electrons. The summed E-state index contributed by atoms with van der Waals surface area (Å²) in [4.78, 5) is 4.71. The minimum atomic E-state index is -4.16. The molecule has 10 heteroatoms. The van der Waals surface area contributed by atoms with Gasteiger partial charge in [-0.1, -0.05) is 35.9 Å². The van der Waals surface area contributed by atoms with Crippen molar-refractivity contribution >= 4 is 47.6 Å². The van der Waals surface area contributed by atoms with Gasteiger partial charge in [0.15, 0.2) is 0 Å². The van der Waals surface area contributed by atoms with Crippen LogP contribution in [0.2, 0.25) is 0 Å². The van der Waals surface area contributed by atoms with Crippen LogP contribution in [-0.2, 0) is 23.4 Å². The summed E-state index contributed by atoms with van der Waals surface area (Å²) in [6.45, 7) is 9.50. The Morgan fingerprint density at radius 2 is 1.42 bits per heavy atom. The molecule has 0 N–H and O–H groups in total. The summed E-state index contributed by atoms with van der Waals surface area (Å²) in [5.74, 6) is 1.07. The molecule has 6 nitrogen and oxygen atoms in total. The number of halogens is 2. The van der Waals surface area contributed by atoms with Crippen molar-refractivity contribution in [2.45, 2.75) is 34.6 Å². The molecule has 0 spiro atoms. The van der Waals surface area contributed by atoms with E-state index in [2.05, 4.69) is 23.5 Å². The van der Waals surface area contributed by atoms with Gasteiger partial charge in [-0.15, -0.1) is 4.40 Å². The number of benzene rings is 2. The monoisotopic (exact) mass is 550 g/mol. The molecule has 3 rings (SSSR count). The second-order valence-electron chi connectivity index (χ2n) is 7.16. The Labute approximate surface area is 209 Å². The van der Waals surface area contributed by atoms with Gasteiger partial charge in [-0.2, -0.15) is 8.42 Å². The van der Waals surface area contributed by atoms with Crippen LogP contribution < -0.4 is 4.18 Å². The molecule has 0 saturated heterocycles. The summed E-state index contributed by atoms with van der Waals surface area (Å²) in [6.07, 6.45) is 0. The molecule has 0 atom stereocenters. The van der Waals surface area contributed by atoms with Gasteiger partial charge < -0.3 is 8.60 Å². The zero-order chi connectivity index (χ0) is 24.6. The Balaban J connectivity index is 0.00000122. The normalized spacial score (nSPS) is 12.3. The molecular formula is C23H24Cl2FeN2O4S. The molecule has 1 aromatic heterocycles. The fraction of sp³-hybridized carbons (Fsp3) is 0.217. The van der Waals surface area contributed by atoms with Crippen molar-refractivity contribution in [2.75, 3.05) is 0 Å². The number of hydrogen-bond acceptors (Lipinski definition) is 5. The van der Waals surface area contributed by atoms with E-state index in [0.29, 0.717) is 17.2 Å². The Morgan fingerprint density at radius 3 is 1.97 bits per heavy atom. The number of para-hydroxylation sites is 1. The quantitative estimate of drug-likeness (QED) is 0.248. The summed E-state index contributed by atoms with van der Waals surface area (Å²) < 4.78 is 38.9. The molecule has 0 aliphatic rings. The van der Waals surface area contributed by atoms with Crippen LogP contribution in [0, 0.1) is 20.8 Å². The summed E-state index contributed by atoms with van der Waals surface area (Å²) in [5.41, 5.74) is 5.13. The Bertz CT molecular complexity index is 1230. The van der Waals surface area contributed by atoms with E-state index in [0.717, 1.165) is 16.8 Å². The van der Waals surface area contributed by atoms with Crippen LogP contribution in [0.3, 0.4) is 0 Å². The molecule has 0 bridgehead atoms. The van der Waals surface area contributed by atoms with E-state index < -0.39 is 10.3 Å². The van der Waals surface area contributed by atoms with Gasteiger partial charge in [0.2, 0.25) is 0 Å². The van der Waals surface area contributed by atoms with Gasteiger partial charge in [-0.3, -0.25) is 0 Å². The molecule has 0 aliphatic carbocycles. The Kier molecular flexibility index (Phi) is 10.2. The first-order chi connectivity index (χ1) is 15.6. The molecule has 0 unspecified atom stereocenters. The fourth-order valence-electron chi connectivity index (χ4n) is 3.13. The van der Waals surface area contributed by atoms with Crippen molar-refractivity contribution in [1.29, 1.82) is 0 Å². The van der Waals surface area contributed by atoms with Crippen molar-refractivity contribution in [3.05, 3.63) is 82.8 Å². The minimum absolute atomic E-state index is 0.188. The molecule has 0 aliphatic heterocycles. The standard InChI is InChI=1S/C23H24N2O4S.2ClH.Fe/c1-15-13-16(2)23(17(3)14-15)24-18(4)21-11-12-22(28-21)19(5)25-30(26,27)29-20-9-7-6-8-10-20;;;/h6-14H,1-5H3;2*1H;/q;;;+2/p-2/b24-18?,25-19+;;;. The van der Waals surface area contributed by atoms with Crippen LogP contribution >= 0.6 is 20.2 Å². The van der Waals surface area contributed by atoms with E-state index in [1.54, 1.807) is 49.4 Å². The average Bonchev–Trinajstić information content (AvgIpc) is 3.22. The summed E-state index contributed by atoms with van der Waals surface area (Å²) >= 11 is 0.194. The van der Waals surface area contributed by atoms with Crippen LogP contribution in [0.25, 0.3) is 0 Å². The van der Waals surface area contributed by atoms with Gasteiger partial charge in [-0.05, 0) is 70.0 Å². The molecule has 2 aromatic carbocycles. The molecular weight excluding hydrogens is 527 g/mol. The van der Waals surface area contributed by atoms with Crippen LogP contribution in [0.15, 0.2) is 68.4 Å². The first kappa shape index (κ1) is 27.2. The van der Waals surface area contributed by atoms with Gasteiger partial charge in [0, 0.05) is 0 Å². The van der Waals surface area contributed by atoms with Gasteiger partial charge >= 0.3 is 43.6 Å². The van der Waals surface area contributed by atoms with Crippen molar-refractivity contribution < 1.29 is 30.2 Å². The van der Waals surface area contributed by atoms with Gasteiger partial charge in [-0.25, -0.2) is 4.99 Å². The molecule has 33 heavy (non-hydrogen) atoms. The Morgan fingerprint density at radius 1 is 0.909 bits per heavy atom. The maximum absolute atomic E-state index is 12.2.